The third-order valence-corrected chi connectivity index (χ3v) is 6.75. The average Bonchev–Trinajstić information content (AvgIpc) is 3.18. The summed E-state index contributed by atoms with van der Waals surface area (Å²) in [5.41, 5.74) is 6.03. The lowest BCUT2D eigenvalue weighted by Gasteiger charge is -2.17. The summed E-state index contributed by atoms with van der Waals surface area (Å²) in [6.45, 7) is 0.557. The van der Waals surface area contributed by atoms with Gasteiger partial charge in [-0.05, 0) is 43.5 Å². The van der Waals surface area contributed by atoms with Crippen LogP contribution in [0.1, 0.15) is 36.9 Å². The maximum Gasteiger partial charge on any atom is 0.255 e. The minimum atomic E-state index is -3.60. The van der Waals surface area contributed by atoms with Crippen LogP contribution in [0.15, 0.2) is 35.4 Å². The topological polar surface area (TPSA) is 120 Å². The third kappa shape index (κ3) is 3.81. The van der Waals surface area contributed by atoms with Crippen LogP contribution in [-0.4, -0.2) is 53.3 Å². The highest BCUT2D eigenvalue weighted by molar-refractivity contribution is 7.89. The number of hydrogen-bond donors (Lipinski definition) is 1. The summed E-state index contributed by atoms with van der Waals surface area (Å²) in [4.78, 5) is 10.9. The van der Waals surface area contributed by atoms with Crippen LogP contribution in [0.5, 0.6) is 5.75 Å². The molecule has 2 aromatic rings. The lowest BCUT2D eigenvalue weighted by Crippen LogP contribution is -2.29. The first-order valence-corrected chi connectivity index (χ1v) is 10.3. The van der Waals surface area contributed by atoms with E-state index in [1.807, 2.05) is 6.20 Å². The van der Waals surface area contributed by atoms with Crippen LogP contribution in [-0.2, 0) is 14.8 Å². The number of nitrogens with zero attached hydrogens (tertiary/aromatic N) is 4. The van der Waals surface area contributed by atoms with Gasteiger partial charge in [-0.25, -0.2) is 13.1 Å². The first-order chi connectivity index (χ1) is 12.9. The molecule has 2 N–H and O–H groups in total. The van der Waals surface area contributed by atoms with Gasteiger partial charge in [-0.15, -0.1) is 5.10 Å². The number of carbonyl (C=O) groups excluding carboxylic acids is 1. The van der Waals surface area contributed by atoms with E-state index in [1.54, 1.807) is 4.68 Å². The molecular formula is C17H21N5O4S. The lowest BCUT2D eigenvalue weighted by atomic mass is 10.2. The molecule has 10 heteroatoms. The van der Waals surface area contributed by atoms with E-state index in [2.05, 4.69) is 10.3 Å². The van der Waals surface area contributed by atoms with E-state index < -0.39 is 15.9 Å². The molecule has 9 nitrogen and oxygen atoms in total. The Bertz CT molecular complexity index is 936. The predicted molar refractivity (Wildman–Crippen MR) is 95.5 cm³/mol. The number of nitrogens with two attached hydrogens (primary N) is 1. The van der Waals surface area contributed by atoms with E-state index in [0.29, 0.717) is 31.2 Å². The van der Waals surface area contributed by atoms with Crippen molar-refractivity contribution >= 4 is 15.9 Å². The molecule has 2 fully saturated rings. The van der Waals surface area contributed by atoms with Crippen molar-refractivity contribution in [2.45, 2.75) is 36.1 Å². The van der Waals surface area contributed by atoms with E-state index in [0.717, 1.165) is 18.5 Å². The van der Waals surface area contributed by atoms with Crippen molar-refractivity contribution in [2.75, 3.05) is 19.7 Å². The first kappa shape index (κ1) is 17.9. The largest absolute Gasteiger partial charge is 0.484 e. The summed E-state index contributed by atoms with van der Waals surface area (Å²) in [7, 11) is -3.60. The van der Waals surface area contributed by atoms with Gasteiger partial charge < -0.3 is 10.5 Å². The van der Waals surface area contributed by atoms with Gasteiger partial charge in [0, 0.05) is 25.2 Å². The average molecular weight is 391 g/mol. The fraction of sp³-hybridized carbons (Fsp3) is 0.471. The van der Waals surface area contributed by atoms with E-state index >= 15 is 0 Å². The lowest BCUT2D eigenvalue weighted by molar-refractivity contribution is -0.119. The highest BCUT2D eigenvalue weighted by Crippen LogP contribution is 2.39. The summed E-state index contributed by atoms with van der Waals surface area (Å²) in [6, 6.07) is 5.98. The number of benzene rings is 1. The normalized spacial score (nSPS) is 20.7. The smallest absolute Gasteiger partial charge is 0.255 e. The van der Waals surface area contributed by atoms with Gasteiger partial charge in [0.25, 0.3) is 5.91 Å². The second-order valence-electron chi connectivity index (χ2n) is 6.93. The van der Waals surface area contributed by atoms with Gasteiger partial charge in [-0.3, -0.25) is 4.79 Å². The van der Waals surface area contributed by atoms with Crippen LogP contribution in [0.2, 0.25) is 0 Å². The molecule has 0 bridgehead atoms. The molecule has 4 rings (SSSR count). The number of sulfonamides is 1. The number of primary amides is 1. The minimum absolute atomic E-state index is 0.00190. The van der Waals surface area contributed by atoms with Gasteiger partial charge in [0.05, 0.1) is 16.6 Å². The number of carbonyl (C=O) groups is 1. The molecule has 1 aliphatic carbocycles. The molecule has 1 saturated heterocycles. The van der Waals surface area contributed by atoms with Crippen molar-refractivity contribution in [1.29, 1.82) is 0 Å². The number of rotatable bonds is 7. The Labute approximate surface area is 157 Å². The van der Waals surface area contributed by atoms with Crippen molar-refractivity contribution in [3.63, 3.8) is 0 Å². The van der Waals surface area contributed by atoms with Crippen molar-refractivity contribution in [1.82, 2.24) is 19.3 Å². The van der Waals surface area contributed by atoms with Crippen LogP contribution < -0.4 is 10.5 Å². The summed E-state index contributed by atoms with van der Waals surface area (Å²) >= 11 is 0. The Hall–Kier alpha value is -2.46. The van der Waals surface area contributed by atoms with Gasteiger partial charge in [0.15, 0.2) is 6.61 Å². The van der Waals surface area contributed by atoms with Gasteiger partial charge in [0.2, 0.25) is 10.0 Å². The molecule has 1 amide bonds. The van der Waals surface area contributed by atoms with Crippen molar-refractivity contribution in [3.8, 4) is 5.75 Å². The quantitative estimate of drug-likeness (QED) is 0.740. The number of aromatic nitrogens is 3. The minimum Gasteiger partial charge on any atom is -0.484 e. The van der Waals surface area contributed by atoms with Crippen molar-refractivity contribution < 1.29 is 17.9 Å². The van der Waals surface area contributed by atoms with Crippen LogP contribution in [0.25, 0.3) is 0 Å². The summed E-state index contributed by atoms with van der Waals surface area (Å²) in [6.07, 6.45) is 4.96. The summed E-state index contributed by atoms with van der Waals surface area (Å²) in [5.74, 6) is 0.324. The first-order valence-electron chi connectivity index (χ1n) is 8.86. The Morgan fingerprint density at radius 3 is 2.63 bits per heavy atom. The Kier molecular flexibility index (Phi) is 4.60. The summed E-state index contributed by atoms with van der Waals surface area (Å²) < 4.78 is 34.2. The molecule has 2 heterocycles. The predicted octanol–water partition coefficient (Wildman–Crippen LogP) is 0.655. The Balaban J connectivity index is 1.43. The second-order valence-corrected chi connectivity index (χ2v) is 8.87. The molecular weight excluding hydrogens is 370 g/mol. The molecule has 1 aromatic carbocycles. The van der Waals surface area contributed by atoms with E-state index in [4.69, 9.17) is 10.5 Å². The SMILES string of the molecule is NC(=O)COc1ccc(S(=O)(=O)N2CCC(n3cc(C4CC4)nn3)C2)cc1. The van der Waals surface area contributed by atoms with Gasteiger partial charge in [-0.1, -0.05) is 5.21 Å². The van der Waals surface area contributed by atoms with Crippen molar-refractivity contribution in [2.24, 2.45) is 5.73 Å². The van der Waals surface area contributed by atoms with E-state index in [-0.39, 0.29) is 17.5 Å². The maximum absolute atomic E-state index is 12.9. The maximum atomic E-state index is 12.9. The third-order valence-electron chi connectivity index (χ3n) is 4.87. The van der Waals surface area contributed by atoms with Crippen molar-refractivity contribution in [3.05, 3.63) is 36.2 Å². The number of hydrogen-bond acceptors (Lipinski definition) is 6. The fourth-order valence-corrected chi connectivity index (χ4v) is 4.68. The second kappa shape index (κ2) is 6.93. The monoisotopic (exact) mass is 391 g/mol. The molecule has 1 aromatic heterocycles. The molecule has 1 saturated carbocycles. The zero-order chi connectivity index (χ0) is 19.0. The van der Waals surface area contributed by atoms with Crippen LogP contribution >= 0.6 is 0 Å². The Morgan fingerprint density at radius 1 is 1.22 bits per heavy atom. The molecule has 0 radical (unpaired) electrons. The molecule has 1 aliphatic heterocycles. The summed E-state index contributed by atoms with van der Waals surface area (Å²) in [5, 5.41) is 8.39. The van der Waals surface area contributed by atoms with Gasteiger partial charge in [0.1, 0.15) is 5.75 Å². The molecule has 2 aliphatic rings. The highest BCUT2D eigenvalue weighted by Gasteiger charge is 2.35. The molecule has 27 heavy (non-hydrogen) atoms. The van der Waals surface area contributed by atoms with E-state index in [9.17, 15) is 13.2 Å². The zero-order valence-corrected chi connectivity index (χ0v) is 15.5. The van der Waals surface area contributed by atoms with Crippen LogP contribution in [0.3, 0.4) is 0 Å². The van der Waals surface area contributed by atoms with Gasteiger partial charge in [-0.2, -0.15) is 4.31 Å². The highest BCUT2D eigenvalue weighted by atomic mass is 32.2. The molecule has 144 valence electrons. The van der Waals surface area contributed by atoms with Crippen LogP contribution in [0, 0.1) is 0 Å². The molecule has 1 atom stereocenters. The number of ether oxygens (including phenoxy) is 1. The standard InChI is InChI=1S/C17H21N5O4S/c18-17(23)11-26-14-3-5-15(6-4-14)27(24,25)21-8-7-13(9-21)22-10-16(19-20-22)12-1-2-12/h3-6,10,12-13H,1-2,7-9,11H2,(H2,18,23). The van der Waals surface area contributed by atoms with Gasteiger partial charge >= 0.3 is 0 Å². The number of amides is 1. The fourth-order valence-electron chi connectivity index (χ4n) is 3.19. The molecule has 1 unspecified atom stereocenters. The van der Waals surface area contributed by atoms with Crippen LogP contribution in [0.4, 0.5) is 0 Å². The zero-order valence-electron chi connectivity index (χ0n) is 14.7. The molecule has 0 spiro atoms. The van der Waals surface area contributed by atoms with E-state index in [1.165, 1.54) is 28.6 Å². The Morgan fingerprint density at radius 2 is 1.96 bits per heavy atom.